The molecule has 1 fully saturated rings. The van der Waals surface area contributed by atoms with Crippen LogP contribution in [0.1, 0.15) is 35.7 Å². The number of carbonyl (C=O) groups is 1. The molecule has 0 bridgehead atoms. The van der Waals surface area contributed by atoms with E-state index >= 15 is 0 Å². The predicted molar refractivity (Wildman–Crippen MR) is 132 cm³/mol. The molecule has 0 amide bonds. The fourth-order valence-corrected chi connectivity index (χ4v) is 7.11. The summed E-state index contributed by atoms with van der Waals surface area (Å²) >= 11 is 0. The second-order valence-corrected chi connectivity index (χ2v) is 11.7. The first kappa shape index (κ1) is 22.5. The van der Waals surface area contributed by atoms with Gasteiger partial charge in [-0.1, -0.05) is 31.2 Å². The number of pyridine rings is 1. The molecule has 5 nitrogen and oxygen atoms in total. The van der Waals surface area contributed by atoms with Crippen molar-refractivity contribution in [3.8, 4) is 16.8 Å². The Kier molecular flexibility index (Phi) is 5.40. The Morgan fingerprint density at radius 3 is 2.53 bits per heavy atom. The molecular weight excluding hydrogens is 451 g/mol. The van der Waals surface area contributed by atoms with Gasteiger partial charge in [0.05, 0.1) is 22.5 Å². The maximum atomic E-state index is 13.6. The lowest BCUT2D eigenvalue weighted by atomic mass is 9.83. The van der Waals surface area contributed by atoms with E-state index in [2.05, 4.69) is 4.98 Å². The minimum atomic E-state index is -3.10. The molecule has 1 saturated heterocycles. The fraction of sp³-hybridized carbons (Fsp3) is 0.259. The Balaban J connectivity index is 1.62. The van der Waals surface area contributed by atoms with Crippen LogP contribution >= 0.6 is 0 Å². The third kappa shape index (κ3) is 4.16. The van der Waals surface area contributed by atoms with Crippen LogP contribution < -0.4 is 0 Å². The summed E-state index contributed by atoms with van der Waals surface area (Å²) in [6.07, 6.45) is 4.18. The lowest BCUT2D eigenvalue weighted by molar-refractivity contribution is 0.0934. The van der Waals surface area contributed by atoms with Gasteiger partial charge in [0.2, 0.25) is 0 Å². The Labute approximate surface area is 198 Å². The summed E-state index contributed by atoms with van der Waals surface area (Å²) in [5, 5.41) is 0. The molecule has 0 aliphatic carbocycles. The van der Waals surface area contributed by atoms with Crippen LogP contribution in [-0.4, -0.2) is 35.3 Å². The van der Waals surface area contributed by atoms with E-state index in [0.29, 0.717) is 12.0 Å². The van der Waals surface area contributed by atoms with Crippen molar-refractivity contribution >= 4 is 26.7 Å². The summed E-state index contributed by atoms with van der Waals surface area (Å²) < 4.78 is 39.5. The average Bonchev–Trinajstić information content (AvgIpc) is 3.30. The van der Waals surface area contributed by atoms with E-state index in [-0.39, 0.29) is 29.5 Å². The first-order valence-electron chi connectivity index (χ1n) is 11.2. The highest BCUT2D eigenvalue weighted by Gasteiger charge is 2.40. The van der Waals surface area contributed by atoms with Crippen LogP contribution in [-0.2, 0) is 9.84 Å². The number of sulfone groups is 1. The summed E-state index contributed by atoms with van der Waals surface area (Å²) in [5.74, 6) is -0.294. The molecule has 3 heterocycles. The highest BCUT2D eigenvalue weighted by molar-refractivity contribution is 7.91. The number of benzene rings is 2. The number of aromatic nitrogens is 2. The zero-order valence-electron chi connectivity index (χ0n) is 19.1. The van der Waals surface area contributed by atoms with Crippen molar-refractivity contribution in [1.82, 2.24) is 9.55 Å². The summed E-state index contributed by atoms with van der Waals surface area (Å²) in [6, 6.07) is 16.0. The molecule has 4 aromatic rings. The molecule has 7 heteroatoms. The van der Waals surface area contributed by atoms with E-state index in [9.17, 15) is 17.6 Å². The van der Waals surface area contributed by atoms with Crippen molar-refractivity contribution in [3.05, 3.63) is 83.9 Å². The Bertz CT molecular complexity index is 1520. The quantitative estimate of drug-likeness (QED) is 0.355. The monoisotopic (exact) mass is 476 g/mol. The molecule has 0 saturated carbocycles. The number of ketones is 1. The van der Waals surface area contributed by atoms with Gasteiger partial charge in [-0.3, -0.25) is 9.78 Å². The number of carbonyl (C=O) groups excluding carboxylic acids is 1. The van der Waals surface area contributed by atoms with E-state index < -0.39 is 15.3 Å². The molecule has 0 radical (unpaired) electrons. The van der Waals surface area contributed by atoms with Crippen molar-refractivity contribution in [1.29, 1.82) is 0 Å². The molecule has 0 N–H and O–H groups in total. The van der Waals surface area contributed by atoms with Gasteiger partial charge in [-0.2, -0.15) is 0 Å². The number of Topliss-reactive ketones (excluding diaryl/α,β-unsaturated/α-hetero) is 1. The standard InChI is InChI=1S/C27H25FN2O3S/c1-18-5-3-4-6-22(18)23-16-30(21-9-7-20(28)8-10-21)24-13-19(15-29-26(23)24)25(31)14-27(2)11-12-34(32,33)17-27/h3-10,13,15-16H,11-12,14,17H2,1-2H3/t27-/m1/s1. The van der Waals surface area contributed by atoms with Gasteiger partial charge >= 0.3 is 0 Å². The van der Waals surface area contributed by atoms with E-state index in [0.717, 1.165) is 33.4 Å². The molecule has 5 rings (SSSR count). The average molecular weight is 477 g/mol. The van der Waals surface area contributed by atoms with Crippen LogP contribution in [0.4, 0.5) is 4.39 Å². The van der Waals surface area contributed by atoms with Crippen LogP contribution in [0, 0.1) is 18.2 Å². The van der Waals surface area contributed by atoms with E-state index in [4.69, 9.17) is 0 Å². The Morgan fingerprint density at radius 2 is 1.85 bits per heavy atom. The number of aryl methyl sites for hydroxylation is 1. The van der Waals surface area contributed by atoms with Gasteiger partial charge in [0.25, 0.3) is 0 Å². The maximum Gasteiger partial charge on any atom is 0.165 e. The lowest BCUT2D eigenvalue weighted by Crippen LogP contribution is -2.22. The highest BCUT2D eigenvalue weighted by Crippen LogP contribution is 2.37. The smallest absolute Gasteiger partial charge is 0.165 e. The summed E-state index contributed by atoms with van der Waals surface area (Å²) in [4.78, 5) is 17.9. The van der Waals surface area contributed by atoms with Crippen molar-refractivity contribution in [2.45, 2.75) is 26.7 Å². The summed E-state index contributed by atoms with van der Waals surface area (Å²) in [6.45, 7) is 3.89. The van der Waals surface area contributed by atoms with Crippen LogP contribution in [0.2, 0.25) is 0 Å². The molecule has 1 aliphatic rings. The van der Waals surface area contributed by atoms with Crippen molar-refractivity contribution in [2.24, 2.45) is 5.41 Å². The first-order chi connectivity index (χ1) is 16.1. The van der Waals surface area contributed by atoms with Crippen LogP contribution in [0.25, 0.3) is 27.8 Å². The zero-order chi connectivity index (χ0) is 24.1. The second kappa shape index (κ2) is 8.17. The first-order valence-corrected chi connectivity index (χ1v) is 13.0. The molecule has 0 spiro atoms. The van der Waals surface area contributed by atoms with Crippen LogP contribution in [0.15, 0.2) is 67.0 Å². The van der Waals surface area contributed by atoms with Gasteiger partial charge in [-0.15, -0.1) is 0 Å². The molecule has 174 valence electrons. The Hall–Kier alpha value is -3.32. The number of nitrogens with zero attached hydrogens (tertiary/aromatic N) is 2. The number of fused-ring (bicyclic) bond motifs is 1. The normalized spacial score (nSPS) is 19.5. The lowest BCUT2D eigenvalue weighted by Gasteiger charge is -2.20. The van der Waals surface area contributed by atoms with Crippen LogP contribution in [0.3, 0.4) is 0 Å². The van der Waals surface area contributed by atoms with Crippen molar-refractivity contribution in [3.63, 3.8) is 0 Å². The third-order valence-electron chi connectivity index (χ3n) is 6.67. The molecule has 2 aromatic heterocycles. The fourth-order valence-electron chi connectivity index (χ4n) is 4.85. The van der Waals surface area contributed by atoms with Gasteiger partial charge in [0.1, 0.15) is 5.82 Å². The predicted octanol–water partition coefficient (Wildman–Crippen LogP) is 5.54. The topological polar surface area (TPSA) is 69.0 Å². The van der Waals surface area contributed by atoms with E-state index in [1.807, 2.05) is 54.9 Å². The van der Waals surface area contributed by atoms with E-state index in [1.165, 1.54) is 12.1 Å². The minimum absolute atomic E-state index is 0.0325. The van der Waals surface area contributed by atoms with E-state index in [1.54, 1.807) is 18.3 Å². The van der Waals surface area contributed by atoms with Crippen LogP contribution in [0.5, 0.6) is 0 Å². The van der Waals surface area contributed by atoms with Gasteiger partial charge < -0.3 is 4.57 Å². The molecule has 2 aromatic carbocycles. The molecular formula is C27H25FN2O3S. The van der Waals surface area contributed by atoms with Gasteiger partial charge in [-0.05, 0) is 60.2 Å². The second-order valence-electron chi connectivity index (χ2n) is 9.55. The highest BCUT2D eigenvalue weighted by atomic mass is 32.2. The number of halogens is 1. The molecule has 1 aliphatic heterocycles. The third-order valence-corrected chi connectivity index (χ3v) is 8.64. The maximum absolute atomic E-state index is 13.6. The minimum Gasteiger partial charge on any atom is -0.314 e. The number of rotatable bonds is 5. The molecule has 1 atom stereocenters. The summed E-state index contributed by atoms with van der Waals surface area (Å²) in [7, 11) is -3.10. The van der Waals surface area contributed by atoms with Crippen molar-refractivity contribution < 1.29 is 17.6 Å². The largest absolute Gasteiger partial charge is 0.314 e. The van der Waals surface area contributed by atoms with Gasteiger partial charge in [-0.25, -0.2) is 12.8 Å². The molecule has 0 unspecified atom stereocenters. The van der Waals surface area contributed by atoms with Gasteiger partial charge in [0, 0.05) is 35.6 Å². The Morgan fingerprint density at radius 1 is 1.12 bits per heavy atom. The summed E-state index contributed by atoms with van der Waals surface area (Å²) in [5.41, 5.74) is 5.16. The van der Waals surface area contributed by atoms with Gasteiger partial charge in [0.15, 0.2) is 15.6 Å². The number of hydrogen-bond acceptors (Lipinski definition) is 4. The molecule has 34 heavy (non-hydrogen) atoms. The number of hydrogen-bond donors (Lipinski definition) is 0. The van der Waals surface area contributed by atoms with Crippen molar-refractivity contribution in [2.75, 3.05) is 11.5 Å². The zero-order valence-corrected chi connectivity index (χ0v) is 19.9. The SMILES string of the molecule is Cc1ccccc1-c1cn(-c2ccc(F)cc2)c2cc(C(=O)C[C@@]3(C)CCS(=O)(=O)C3)cnc12.